The molecule has 0 aliphatic rings. The van der Waals surface area contributed by atoms with E-state index in [0.29, 0.717) is 22.5 Å². The number of hydrogen-bond donors (Lipinski definition) is 0. The predicted molar refractivity (Wildman–Crippen MR) is 56.7 cm³/mol. The van der Waals surface area contributed by atoms with Gasteiger partial charge in [0.2, 0.25) is 0 Å². The second-order valence-corrected chi connectivity index (χ2v) is 3.80. The van der Waals surface area contributed by atoms with E-state index >= 15 is 0 Å². The van der Waals surface area contributed by atoms with Gasteiger partial charge in [0.05, 0.1) is 5.56 Å². The van der Waals surface area contributed by atoms with Crippen molar-refractivity contribution in [1.82, 2.24) is 19.6 Å². The van der Waals surface area contributed by atoms with Crippen molar-refractivity contribution in [2.24, 2.45) is 7.05 Å². The summed E-state index contributed by atoms with van der Waals surface area (Å²) in [7, 11) is 1.69. The van der Waals surface area contributed by atoms with Gasteiger partial charge in [-0.05, 0) is 29.8 Å². The van der Waals surface area contributed by atoms with Crippen molar-refractivity contribution in [3.8, 4) is 0 Å². The van der Waals surface area contributed by atoms with Crippen molar-refractivity contribution < 1.29 is 9.59 Å². The molecule has 0 aliphatic heterocycles. The fraction of sp³-hybridized carbons (Fsp3) is 0.400. The average Bonchev–Trinajstić information content (AvgIpc) is 2.63. The maximum absolute atomic E-state index is 11.6. The number of carbonyl (C=O) groups excluding carboxylic acids is 2. The maximum atomic E-state index is 11.6. The minimum Gasteiger partial charge on any atom is -0.294 e. The molecule has 0 fully saturated rings. The Labute approximate surface area is 91.8 Å². The molecule has 2 aromatic rings. The van der Waals surface area contributed by atoms with Gasteiger partial charge in [-0.1, -0.05) is 0 Å². The van der Waals surface area contributed by atoms with Crippen LogP contribution in [0.4, 0.5) is 0 Å². The summed E-state index contributed by atoms with van der Waals surface area (Å²) in [6.45, 7) is 4.68. The van der Waals surface area contributed by atoms with E-state index in [0.717, 1.165) is 0 Å². The van der Waals surface area contributed by atoms with Crippen LogP contribution in [-0.2, 0) is 7.05 Å². The molecule has 6 heteroatoms. The standard InChI is InChI=1S/C10H12N4O2/c1-5-8(6(2)15)10-13(4)11-12-14(10)9(5)7(3)16/h1-4H3. The van der Waals surface area contributed by atoms with Gasteiger partial charge in [-0.25, -0.2) is 4.68 Å². The zero-order valence-electron chi connectivity index (χ0n) is 9.61. The highest BCUT2D eigenvalue weighted by atomic mass is 16.1. The predicted octanol–water partition coefficient (Wildman–Crippen LogP) is 0.781. The van der Waals surface area contributed by atoms with Crippen molar-refractivity contribution in [3.63, 3.8) is 0 Å². The van der Waals surface area contributed by atoms with Gasteiger partial charge in [-0.2, -0.15) is 4.52 Å². The summed E-state index contributed by atoms with van der Waals surface area (Å²) in [6.07, 6.45) is 0. The number of ketones is 2. The van der Waals surface area contributed by atoms with E-state index in [2.05, 4.69) is 10.4 Å². The first-order valence-electron chi connectivity index (χ1n) is 4.88. The quantitative estimate of drug-likeness (QED) is 0.701. The van der Waals surface area contributed by atoms with Crippen LogP contribution >= 0.6 is 0 Å². The van der Waals surface area contributed by atoms with Crippen molar-refractivity contribution in [1.29, 1.82) is 0 Å². The Morgan fingerprint density at radius 3 is 2.25 bits per heavy atom. The van der Waals surface area contributed by atoms with E-state index in [-0.39, 0.29) is 11.6 Å². The number of Topliss-reactive ketones (excluding diaryl/α,β-unsaturated/α-hetero) is 2. The fourth-order valence-corrected chi connectivity index (χ4v) is 2.02. The molecule has 84 valence electrons. The van der Waals surface area contributed by atoms with Gasteiger partial charge in [0.15, 0.2) is 17.2 Å². The van der Waals surface area contributed by atoms with Crippen LogP contribution in [0.25, 0.3) is 5.65 Å². The molecule has 2 heterocycles. The van der Waals surface area contributed by atoms with Crippen LogP contribution in [0.2, 0.25) is 0 Å². The third kappa shape index (κ3) is 1.19. The van der Waals surface area contributed by atoms with Crippen LogP contribution in [0.5, 0.6) is 0 Å². The molecule has 0 amide bonds. The molecule has 0 aliphatic carbocycles. The largest absolute Gasteiger partial charge is 0.294 e. The van der Waals surface area contributed by atoms with E-state index in [1.807, 2.05) is 0 Å². The number of carbonyl (C=O) groups is 2. The zero-order chi connectivity index (χ0) is 12.0. The second kappa shape index (κ2) is 3.26. The first kappa shape index (κ1) is 10.5. The Balaban J connectivity index is 2.98. The van der Waals surface area contributed by atoms with E-state index in [1.165, 1.54) is 23.0 Å². The highest BCUT2D eigenvalue weighted by Gasteiger charge is 2.24. The second-order valence-electron chi connectivity index (χ2n) is 3.80. The molecule has 2 rings (SSSR count). The van der Waals surface area contributed by atoms with Gasteiger partial charge in [0, 0.05) is 14.0 Å². The first-order chi connectivity index (χ1) is 7.45. The van der Waals surface area contributed by atoms with E-state index in [9.17, 15) is 9.59 Å². The number of rotatable bonds is 2. The van der Waals surface area contributed by atoms with Crippen LogP contribution in [0.15, 0.2) is 0 Å². The van der Waals surface area contributed by atoms with Gasteiger partial charge in [0.1, 0.15) is 5.69 Å². The van der Waals surface area contributed by atoms with Gasteiger partial charge in [-0.3, -0.25) is 9.59 Å². The van der Waals surface area contributed by atoms with Crippen LogP contribution < -0.4 is 0 Å². The van der Waals surface area contributed by atoms with E-state index < -0.39 is 0 Å². The molecule has 0 aromatic carbocycles. The highest BCUT2D eigenvalue weighted by Crippen LogP contribution is 2.22. The molecule has 0 N–H and O–H groups in total. The van der Waals surface area contributed by atoms with Crippen LogP contribution in [-0.4, -0.2) is 31.2 Å². The Morgan fingerprint density at radius 1 is 1.12 bits per heavy atom. The van der Waals surface area contributed by atoms with Crippen LogP contribution in [0.1, 0.15) is 40.3 Å². The molecule has 0 bridgehead atoms. The third-order valence-corrected chi connectivity index (χ3v) is 2.62. The number of hydrogen-bond acceptors (Lipinski definition) is 4. The highest BCUT2D eigenvalue weighted by molar-refractivity contribution is 6.06. The maximum Gasteiger partial charge on any atom is 0.178 e. The Morgan fingerprint density at radius 2 is 1.75 bits per heavy atom. The van der Waals surface area contributed by atoms with Gasteiger partial charge in [-0.15, -0.1) is 0 Å². The minimum absolute atomic E-state index is 0.0899. The SMILES string of the molecule is CC(=O)c1c(C)c(C(C)=O)n2nnn(C)c12. The number of fused-ring (bicyclic) bond motifs is 1. The van der Waals surface area contributed by atoms with Crippen molar-refractivity contribution in [3.05, 3.63) is 16.8 Å². The fourth-order valence-electron chi connectivity index (χ4n) is 2.02. The molecular weight excluding hydrogens is 208 g/mol. The molecular formula is C10H12N4O2. The van der Waals surface area contributed by atoms with E-state index in [4.69, 9.17) is 0 Å². The van der Waals surface area contributed by atoms with Gasteiger partial charge >= 0.3 is 0 Å². The molecule has 0 unspecified atom stereocenters. The lowest BCUT2D eigenvalue weighted by atomic mass is 10.1. The number of nitrogens with zero attached hydrogens (tertiary/aromatic N) is 4. The van der Waals surface area contributed by atoms with Crippen molar-refractivity contribution >= 4 is 17.2 Å². The lowest BCUT2D eigenvalue weighted by Gasteiger charge is -1.95. The molecule has 0 spiro atoms. The van der Waals surface area contributed by atoms with Gasteiger partial charge in [0.25, 0.3) is 0 Å². The number of aromatic nitrogens is 4. The zero-order valence-corrected chi connectivity index (χ0v) is 9.61. The first-order valence-corrected chi connectivity index (χ1v) is 4.88. The van der Waals surface area contributed by atoms with Gasteiger partial charge < -0.3 is 0 Å². The Kier molecular flexibility index (Phi) is 2.15. The average molecular weight is 220 g/mol. The number of tetrazole rings is 1. The van der Waals surface area contributed by atoms with E-state index in [1.54, 1.807) is 14.0 Å². The summed E-state index contributed by atoms with van der Waals surface area (Å²) in [5, 5.41) is 7.67. The normalized spacial score (nSPS) is 11.0. The third-order valence-electron chi connectivity index (χ3n) is 2.62. The topological polar surface area (TPSA) is 69.3 Å². The van der Waals surface area contributed by atoms with Crippen LogP contribution in [0, 0.1) is 6.92 Å². The summed E-state index contributed by atoms with van der Waals surface area (Å²) in [5.74, 6) is -0.214. The monoisotopic (exact) mass is 220 g/mol. The Bertz CT molecular complexity index is 606. The molecule has 2 aromatic heterocycles. The summed E-state index contributed by atoms with van der Waals surface area (Å²) < 4.78 is 2.92. The summed E-state index contributed by atoms with van der Waals surface area (Å²) >= 11 is 0. The minimum atomic E-state index is -0.125. The molecule has 0 saturated heterocycles. The molecule has 16 heavy (non-hydrogen) atoms. The molecule has 6 nitrogen and oxygen atoms in total. The molecule has 0 saturated carbocycles. The number of aryl methyl sites for hydroxylation is 1. The smallest absolute Gasteiger partial charge is 0.178 e. The summed E-state index contributed by atoms with van der Waals surface area (Å²) in [6, 6.07) is 0. The molecule has 0 atom stereocenters. The Hall–Kier alpha value is -1.98. The summed E-state index contributed by atoms with van der Waals surface area (Å²) in [5.41, 5.74) is 2.17. The van der Waals surface area contributed by atoms with Crippen LogP contribution in [0.3, 0.4) is 0 Å². The lowest BCUT2D eigenvalue weighted by Crippen LogP contribution is -2.02. The van der Waals surface area contributed by atoms with Crippen molar-refractivity contribution in [2.45, 2.75) is 20.8 Å². The summed E-state index contributed by atoms with van der Waals surface area (Å²) in [4.78, 5) is 23.1. The van der Waals surface area contributed by atoms with Crippen molar-refractivity contribution in [2.75, 3.05) is 0 Å². The lowest BCUT2D eigenvalue weighted by molar-refractivity contribution is 0.100. The molecule has 0 radical (unpaired) electrons.